The minimum absolute atomic E-state index is 0.251. The van der Waals surface area contributed by atoms with E-state index in [0.29, 0.717) is 23.2 Å². The van der Waals surface area contributed by atoms with Crippen molar-refractivity contribution in [2.75, 3.05) is 5.32 Å². The molecule has 0 radical (unpaired) electrons. The van der Waals surface area contributed by atoms with Gasteiger partial charge in [-0.2, -0.15) is 14.9 Å². The number of anilines is 1. The van der Waals surface area contributed by atoms with Crippen LogP contribution in [0.3, 0.4) is 0 Å². The monoisotopic (exact) mass is 475 g/mol. The number of aromatic nitrogens is 6. The third kappa shape index (κ3) is 4.19. The lowest BCUT2D eigenvalue weighted by Crippen LogP contribution is -2.15. The Bertz CT molecular complexity index is 1510. The SMILES string of the molecule is Cc1cc(C)nc(-n2nc(C)cc2NC(=O)c2cc3c(C)nn(Cc4ccc(F)cc4)c3s2)n1. The maximum absolute atomic E-state index is 13.3. The zero-order valence-electron chi connectivity index (χ0n) is 19.1. The number of carbonyl (C=O) groups excluding carboxylic acids is 1. The molecule has 0 aliphatic carbocycles. The van der Waals surface area contributed by atoms with Crippen molar-refractivity contribution in [3.63, 3.8) is 0 Å². The number of nitrogens with one attached hydrogen (secondary N) is 1. The number of carbonyl (C=O) groups is 1. The fraction of sp³-hybridized carbons (Fsp3) is 0.208. The number of fused-ring (bicyclic) bond motifs is 1. The van der Waals surface area contributed by atoms with Gasteiger partial charge in [-0.3, -0.25) is 9.48 Å². The summed E-state index contributed by atoms with van der Waals surface area (Å²) < 4.78 is 16.6. The van der Waals surface area contributed by atoms with Crippen molar-refractivity contribution in [2.24, 2.45) is 0 Å². The van der Waals surface area contributed by atoms with Crippen LogP contribution in [0.1, 0.15) is 38.0 Å². The molecule has 0 saturated heterocycles. The molecule has 0 unspecified atom stereocenters. The van der Waals surface area contributed by atoms with Crippen molar-refractivity contribution in [3.8, 4) is 5.95 Å². The van der Waals surface area contributed by atoms with Crippen LogP contribution in [0, 0.1) is 33.5 Å². The molecule has 1 aromatic carbocycles. The molecular weight excluding hydrogens is 453 g/mol. The van der Waals surface area contributed by atoms with Crippen LogP contribution in [0.5, 0.6) is 0 Å². The van der Waals surface area contributed by atoms with Gasteiger partial charge in [-0.05, 0) is 57.5 Å². The summed E-state index contributed by atoms with van der Waals surface area (Å²) in [6, 6.07) is 11.8. The van der Waals surface area contributed by atoms with Crippen LogP contribution in [-0.2, 0) is 6.54 Å². The van der Waals surface area contributed by atoms with Crippen molar-refractivity contribution in [1.29, 1.82) is 0 Å². The van der Waals surface area contributed by atoms with Gasteiger partial charge in [0, 0.05) is 22.8 Å². The first-order valence-corrected chi connectivity index (χ1v) is 11.5. The molecule has 5 aromatic rings. The first-order valence-electron chi connectivity index (χ1n) is 10.7. The van der Waals surface area contributed by atoms with Crippen LogP contribution < -0.4 is 5.32 Å². The Morgan fingerprint density at radius 3 is 2.38 bits per heavy atom. The smallest absolute Gasteiger partial charge is 0.266 e. The molecule has 0 aliphatic heterocycles. The maximum atomic E-state index is 13.3. The molecule has 1 amide bonds. The van der Waals surface area contributed by atoms with Crippen LogP contribution >= 0.6 is 11.3 Å². The standard InChI is InChI=1S/C24H22FN7OS/c1-13-9-14(2)27-24(26-13)32-21(10-15(3)29-32)28-22(33)20-11-19-16(4)30-31(23(19)34-20)12-17-5-7-18(25)8-6-17/h5-11H,12H2,1-4H3,(H,28,33). The Balaban J connectivity index is 1.44. The summed E-state index contributed by atoms with van der Waals surface area (Å²) in [4.78, 5) is 23.5. The molecule has 0 spiro atoms. The molecule has 8 nitrogen and oxygen atoms in total. The van der Waals surface area contributed by atoms with Gasteiger partial charge in [-0.1, -0.05) is 12.1 Å². The molecule has 0 bridgehead atoms. The fourth-order valence-corrected chi connectivity index (χ4v) is 4.87. The zero-order chi connectivity index (χ0) is 24.0. The van der Waals surface area contributed by atoms with Gasteiger partial charge < -0.3 is 5.32 Å². The number of hydrogen-bond donors (Lipinski definition) is 1. The molecule has 34 heavy (non-hydrogen) atoms. The molecular formula is C24H22FN7OS. The lowest BCUT2D eigenvalue weighted by molar-refractivity contribution is 0.103. The van der Waals surface area contributed by atoms with Gasteiger partial charge in [-0.25, -0.2) is 14.4 Å². The second kappa shape index (κ2) is 8.45. The van der Waals surface area contributed by atoms with Gasteiger partial charge in [0.15, 0.2) is 0 Å². The summed E-state index contributed by atoms with van der Waals surface area (Å²) in [6.07, 6.45) is 0. The number of halogens is 1. The van der Waals surface area contributed by atoms with E-state index in [-0.39, 0.29) is 11.7 Å². The predicted molar refractivity (Wildman–Crippen MR) is 129 cm³/mol. The molecule has 0 fully saturated rings. The first kappa shape index (κ1) is 21.9. The Morgan fingerprint density at radius 2 is 1.68 bits per heavy atom. The number of hydrogen-bond acceptors (Lipinski definition) is 6. The molecule has 0 saturated carbocycles. The van der Waals surface area contributed by atoms with Gasteiger partial charge in [0.2, 0.25) is 0 Å². The zero-order valence-corrected chi connectivity index (χ0v) is 19.9. The Kier molecular flexibility index (Phi) is 5.45. The fourth-order valence-electron chi connectivity index (χ4n) is 3.82. The van der Waals surface area contributed by atoms with Gasteiger partial charge in [0.05, 0.1) is 22.8 Å². The van der Waals surface area contributed by atoms with E-state index in [1.165, 1.54) is 23.5 Å². The highest BCUT2D eigenvalue weighted by Gasteiger charge is 2.19. The molecule has 0 atom stereocenters. The molecule has 4 aromatic heterocycles. The third-order valence-corrected chi connectivity index (χ3v) is 6.46. The number of thiophene rings is 1. The van der Waals surface area contributed by atoms with Crippen molar-refractivity contribution in [1.82, 2.24) is 29.5 Å². The highest BCUT2D eigenvalue weighted by molar-refractivity contribution is 7.20. The largest absolute Gasteiger partial charge is 0.306 e. The summed E-state index contributed by atoms with van der Waals surface area (Å²) in [5, 5.41) is 12.9. The van der Waals surface area contributed by atoms with Gasteiger partial charge in [-0.15, -0.1) is 11.3 Å². The third-order valence-electron chi connectivity index (χ3n) is 5.31. The summed E-state index contributed by atoms with van der Waals surface area (Å²) in [6.45, 7) is 8.03. The van der Waals surface area contributed by atoms with E-state index in [1.54, 1.807) is 22.9 Å². The lowest BCUT2D eigenvalue weighted by Gasteiger charge is -2.08. The number of rotatable bonds is 5. The first-order chi connectivity index (χ1) is 16.3. The Labute approximate surface area is 199 Å². The van der Waals surface area contributed by atoms with Crippen LogP contribution in [0.2, 0.25) is 0 Å². The van der Waals surface area contributed by atoms with E-state index in [9.17, 15) is 9.18 Å². The van der Waals surface area contributed by atoms with Crippen LogP contribution in [0.25, 0.3) is 16.2 Å². The molecule has 172 valence electrons. The van der Waals surface area contributed by atoms with E-state index in [1.807, 2.05) is 44.5 Å². The van der Waals surface area contributed by atoms with Gasteiger partial charge >= 0.3 is 0 Å². The normalized spacial score (nSPS) is 11.3. The maximum Gasteiger partial charge on any atom is 0.266 e. The van der Waals surface area contributed by atoms with Crippen LogP contribution in [0.15, 0.2) is 42.5 Å². The minimum Gasteiger partial charge on any atom is -0.306 e. The molecule has 4 heterocycles. The second-order valence-corrected chi connectivity index (χ2v) is 9.22. The lowest BCUT2D eigenvalue weighted by atomic mass is 10.2. The van der Waals surface area contributed by atoms with E-state index >= 15 is 0 Å². The Morgan fingerprint density at radius 1 is 0.971 bits per heavy atom. The molecule has 1 N–H and O–H groups in total. The molecule has 0 aliphatic rings. The summed E-state index contributed by atoms with van der Waals surface area (Å²) in [7, 11) is 0. The van der Waals surface area contributed by atoms with E-state index in [4.69, 9.17) is 0 Å². The number of aryl methyl sites for hydroxylation is 4. The summed E-state index contributed by atoms with van der Waals surface area (Å²) in [5.74, 6) is 0.374. The van der Waals surface area contributed by atoms with Crippen molar-refractivity contribution >= 4 is 33.3 Å². The molecule has 10 heteroatoms. The van der Waals surface area contributed by atoms with E-state index in [0.717, 1.165) is 38.6 Å². The van der Waals surface area contributed by atoms with E-state index < -0.39 is 0 Å². The number of benzene rings is 1. The number of nitrogens with zero attached hydrogens (tertiary/aromatic N) is 6. The Hall–Kier alpha value is -3.92. The highest BCUT2D eigenvalue weighted by Crippen LogP contribution is 2.30. The molecule has 5 rings (SSSR count). The van der Waals surface area contributed by atoms with Gasteiger partial charge in [0.1, 0.15) is 16.5 Å². The number of amides is 1. The van der Waals surface area contributed by atoms with Crippen molar-refractivity contribution in [3.05, 3.63) is 81.5 Å². The van der Waals surface area contributed by atoms with Crippen LogP contribution in [0.4, 0.5) is 10.2 Å². The van der Waals surface area contributed by atoms with Crippen LogP contribution in [-0.4, -0.2) is 35.4 Å². The topological polar surface area (TPSA) is 90.5 Å². The average Bonchev–Trinajstić information content (AvgIpc) is 3.45. The average molecular weight is 476 g/mol. The highest BCUT2D eigenvalue weighted by atomic mass is 32.1. The summed E-state index contributed by atoms with van der Waals surface area (Å²) >= 11 is 1.36. The van der Waals surface area contributed by atoms with Gasteiger partial charge in [0.25, 0.3) is 11.9 Å². The second-order valence-electron chi connectivity index (χ2n) is 8.19. The minimum atomic E-state index is -0.277. The summed E-state index contributed by atoms with van der Waals surface area (Å²) in [5.41, 5.74) is 4.13. The predicted octanol–water partition coefficient (Wildman–Crippen LogP) is 4.75. The van der Waals surface area contributed by atoms with Crippen molar-refractivity contribution in [2.45, 2.75) is 34.2 Å². The van der Waals surface area contributed by atoms with E-state index in [2.05, 4.69) is 25.5 Å². The van der Waals surface area contributed by atoms with Crippen molar-refractivity contribution < 1.29 is 9.18 Å². The quantitative estimate of drug-likeness (QED) is 0.396.